The third-order valence-corrected chi connectivity index (χ3v) is 3.02. The van der Waals surface area contributed by atoms with Crippen LogP contribution in [0, 0.1) is 0 Å². The predicted octanol–water partition coefficient (Wildman–Crippen LogP) is 1.28. The molecule has 1 aliphatic carbocycles. The number of nitrogens with one attached hydrogen (secondary N) is 1. The van der Waals surface area contributed by atoms with Crippen molar-refractivity contribution in [3.05, 3.63) is 24.3 Å². The summed E-state index contributed by atoms with van der Waals surface area (Å²) in [6, 6.07) is 7.23. The lowest BCUT2D eigenvalue weighted by molar-refractivity contribution is -0.156. The molecule has 0 unspecified atom stereocenters. The van der Waals surface area contributed by atoms with E-state index in [1.807, 2.05) is 0 Å². The van der Waals surface area contributed by atoms with Crippen LogP contribution in [0.15, 0.2) is 24.3 Å². The monoisotopic (exact) mass is 293 g/mol. The van der Waals surface area contributed by atoms with Crippen LogP contribution in [0.3, 0.4) is 0 Å². The van der Waals surface area contributed by atoms with Crippen molar-refractivity contribution >= 4 is 11.9 Å². The minimum Gasteiger partial charge on any atom is -0.493 e. The molecule has 1 aromatic carbocycles. The number of ether oxygens (including phenoxy) is 3. The number of esters is 1. The largest absolute Gasteiger partial charge is 0.493 e. The number of carbonyl (C=O) groups excluding carboxylic acids is 2. The van der Waals surface area contributed by atoms with Crippen LogP contribution >= 0.6 is 0 Å². The second-order valence-electron chi connectivity index (χ2n) is 4.85. The summed E-state index contributed by atoms with van der Waals surface area (Å²) in [6.07, 6.45) is 1.16. The van der Waals surface area contributed by atoms with Crippen molar-refractivity contribution < 1.29 is 23.8 Å². The van der Waals surface area contributed by atoms with Crippen molar-refractivity contribution in [3.63, 3.8) is 0 Å². The molecule has 1 atom stereocenters. The summed E-state index contributed by atoms with van der Waals surface area (Å²) < 4.78 is 15.5. The highest BCUT2D eigenvalue weighted by molar-refractivity contribution is 5.84. The van der Waals surface area contributed by atoms with E-state index in [-0.39, 0.29) is 18.6 Å². The summed E-state index contributed by atoms with van der Waals surface area (Å²) in [5.41, 5.74) is 0. The molecule has 0 heterocycles. The Balaban J connectivity index is 1.77. The molecule has 1 fully saturated rings. The van der Waals surface area contributed by atoms with Gasteiger partial charge in [-0.15, -0.1) is 0 Å². The highest BCUT2D eigenvalue weighted by Crippen LogP contribution is 2.25. The number of rotatable bonds is 7. The summed E-state index contributed by atoms with van der Waals surface area (Å²) in [5.74, 6) is 0.111. The molecule has 0 aliphatic heterocycles. The Bertz CT molecular complexity index is 513. The van der Waals surface area contributed by atoms with E-state index < -0.39 is 12.1 Å². The van der Waals surface area contributed by atoms with Gasteiger partial charge in [0, 0.05) is 6.04 Å². The zero-order chi connectivity index (χ0) is 15.2. The third kappa shape index (κ3) is 4.66. The summed E-state index contributed by atoms with van der Waals surface area (Å²) in [7, 11) is 1.52. The van der Waals surface area contributed by atoms with Gasteiger partial charge < -0.3 is 19.5 Å². The maximum atomic E-state index is 11.7. The normalized spacial score (nSPS) is 15.0. The first-order chi connectivity index (χ1) is 10.1. The van der Waals surface area contributed by atoms with E-state index in [9.17, 15) is 9.59 Å². The van der Waals surface area contributed by atoms with Gasteiger partial charge in [0.2, 0.25) is 0 Å². The number of benzene rings is 1. The Morgan fingerprint density at radius 2 is 1.95 bits per heavy atom. The fourth-order valence-corrected chi connectivity index (χ4v) is 1.71. The van der Waals surface area contributed by atoms with Gasteiger partial charge in [0.25, 0.3) is 5.91 Å². The standard InChI is InChI=1S/C15H19NO5/c1-10(15(18)16-11-7-8-11)21-14(17)9-20-13-6-4-3-5-12(13)19-2/h3-6,10-11H,7-9H2,1-2H3,(H,16,18)/t10-/m1/s1. The SMILES string of the molecule is COc1ccccc1OCC(=O)O[C@H](C)C(=O)NC1CC1. The van der Waals surface area contributed by atoms with Gasteiger partial charge in [-0.25, -0.2) is 4.79 Å². The van der Waals surface area contributed by atoms with Gasteiger partial charge in [-0.05, 0) is 31.9 Å². The molecule has 0 aromatic heterocycles. The molecule has 0 radical (unpaired) electrons. The third-order valence-electron chi connectivity index (χ3n) is 3.02. The lowest BCUT2D eigenvalue weighted by atomic mass is 10.3. The van der Waals surface area contributed by atoms with Crippen LogP contribution in [0.5, 0.6) is 11.5 Å². The molecule has 0 bridgehead atoms. The highest BCUT2D eigenvalue weighted by Gasteiger charge is 2.27. The van der Waals surface area contributed by atoms with Gasteiger partial charge in [-0.3, -0.25) is 4.79 Å². The van der Waals surface area contributed by atoms with Crippen LogP contribution in [0.2, 0.25) is 0 Å². The fraction of sp³-hybridized carbons (Fsp3) is 0.467. The van der Waals surface area contributed by atoms with Gasteiger partial charge in [0.1, 0.15) is 0 Å². The number of methoxy groups -OCH3 is 1. The molecule has 1 N–H and O–H groups in total. The summed E-state index contributed by atoms with van der Waals surface area (Å²) >= 11 is 0. The first-order valence-corrected chi connectivity index (χ1v) is 6.86. The Labute approximate surface area is 123 Å². The van der Waals surface area contributed by atoms with E-state index in [2.05, 4.69) is 5.32 Å². The van der Waals surface area contributed by atoms with Crippen LogP contribution in [0.1, 0.15) is 19.8 Å². The Morgan fingerprint density at radius 3 is 2.57 bits per heavy atom. The van der Waals surface area contributed by atoms with E-state index in [0.29, 0.717) is 11.5 Å². The Hall–Kier alpha value is -2.24. The number of para-hydroxylation sites is 2. The molecule has 0 saturated heterocycles. The van der Waals surface area contributed by atoms with Gasteiger partial charge in [-0.2, -0.15) is 0 Å². The van der Waals surface area contributed by atoms with Crippen LogP contribution < -0.4 is 14.8 Å². The van der Waals surface area contributed by atoms with Gasteiger partial charge in [0.15, 0.2) is 24.2 Å². The number of carbonyl (C=O) groups is 2. The maximum Gasteiger partial charge on any atom is 0.344 e. The highest BCUT2D eigenvalue weighted by atomic mass is 16.6. The smallest absolute Gasteiger partial charge is 0.344 e. The van der Waals surface area contributed by atoms with E-state index >= 15 is 0 Å². The van der Waals surface area contributed by atoms with Crippen LogP contribution in [-0.4, -0.2) is 37.7 Å². The quantitative estimate of drug-likeness (QED) is 0.767. The maximum absolute atomic E-state index is 11.7. The van der Waals surface area contributed by atoms with Crippen molar-refractivity contribution in [3.8, 4) is 11.5 Å². The zero-order valence-corrected chi connectivity index (χ0v) is 12.1. The average molecular weight is 293 g/mol. The van der Waals surface area contributed by atoms with E-state index in [1.54, 1.807) is 31.2 Å². The molecule has 114 valence electrons. The predicted molar refractivity (Wildman–Crippen MR) is 75.2 cm³/mol. The van der Waals surface area contributed by atoms with E-state index in [0.717, 1.165) is 12.8 Å². The van der Waals surface area contributed by atoms with Crippen molar-refractivity contribution in [1.82, 2.24) is 5.32 Å². The van der Waals surface area contributed by atoms with Crippen molar-refractivity contribution in [2.45, 2.75) is 31.9 Å². The lowest BCUT2D eigenvalue weighted by Gasteiger charge is -2.14. The van der Waals surface area contributed by atoms with E-state index in [1.165, 1.54) is 7.11 Å². The van der Waals surface area contributed by atoms with Gasteiger partial charge in [-0.1, -0.05) is 12.1 Å². The van der Waals surface area contributed by atoms with E-state index in [4.69, 9.17) is 14.2 Å². The average Bonchev–Trinajstić information content (AvgIpc) is 3.29. The molecule has 1 aromatic rings. The minimum atomic E-state index is -0.820. The second-order valence-corrected chi connectivity index (χ2v) is 4.85. The van der Waals surface area contributed by atoms with Crippen LogP contribution in [-0.2, 0) is 14.3 Å². The van der Waals surface area contributed by atoms with Crippen molar-refractivity contribution in [2.24, 2.45) is 0 Å². The molecule has 0 spiro atoms. The molecule has 2 rings (SSSR count). The molecule has 6 heteroatoms. The summed E-state index contributed by atoms with van der Waals surface area (Å²) in [4.78, 5) is 23.3. The Kier molecular flexibility index (Phi) is 5.03. The number of hydrogen-bond acceptors (Lipinski definition) is 5. The molecule has 1 saturated carbocycles. The minimum absolute atomic E-state index is 0.239. The zero-order valence-electron chi connectivity index (χ0n) is 12.1. The molecule has 1 aliphatic rings. The first-order valence-electron chi connectivity index (χ1n) is 6.86. The number of hydrogen-bond donors (Lipinski definition) is 1. The molecule has 21 heavy (non-hydrogen) atoms. The first kappa shape index (κ1) is 15.2. The molecular formula is C15H19NO5. The van der Waals surface area contributed by atoms with Gasteiger partial charge >= 0.3 is 5.97 Å². The fourth-order valence-electron chi connectivity index (χ4n) is 1.71. The molecule has 6 nitrogen and oxygen atoms in total. The number of amides is 1. The Morgan fingerprint density at radius 1 is 1.29 bits per heavy atom. The summed E-state index contributed by atoms with van der Waals surface area (Å²) in [6.45, 7) is 1.26. The van der Waals surface area contributed by atoms with Gasteiger partial charge in [0.05, 0.1) is 7.11 Å². The lowest BCUT2D eigenvalue weighted by Crippen LogP contribution is -2.37. The van der Waals surface area contributed by atoms with Crippen molar-refractivity contribution in [2.75, 3.05) is 13.7 Å². The molecule has 1 amide bonds. The van der Waals surface area contributed by atoms with Crippen LogP contribution in [0.25, 0.3) is 0 Å². The van der Waals surface area contributed by atoms with Crippen molar-refractivity contribution in [1.29, 1.82) is 0 Å². The molecular weight excluding hydrogens is 274 g/mol. The second kappa shape index (κ2) is 6.97. The van der Waals surface area contributed by atoms with Crippen LogP contribution in [0.4, 0.5) is 0 Å². The summed E-state index contributed by atoms with van der Waals surface area (Å²) in [5, 5.41) is 2.77. The topological polar surface area (TPSA) is 73.9 Å².